The van der Waals surface area contributed by atoms with Crippen molar-refractivity contribution in [3.63, 3.8) is 0 Å². The summed E-state index contributed by atoms with van der Waals surface area (Å²) in [5, 5.41) is 0. The summed E-state index contributed by atoms with van der Waals surface area (Å²) >= 11 is 0. The van der Waals surface area contributed by atoms with Crippen LogP contribution in [0.2, 0.25) is 0 Å². The highest BCUT2D eigenvalue weighted by molar-refractivity contribution is 7.87. The van der Waals surface area contributed by atoms with Gasteiger partial charge >= 0.3 is 16.1 Å². The molecule has 0 spiro atoms. The van der Waals surface area contributed by atoms with Crippen molar-refractivity contribution in [2.24, 2.45) is 4.99 Å². The van der Waals surface area contributed by atoms with Crippen molar-refractivity contribution in [2.45, 2.75) is 4.90 Å². The van der Waals surface area contributed by atoms with Crippen LogP contribution in [0.5, 0.6) is 5.75 Å². The van der Waals surface area contributed by atoms with Gasteiger partial charge in [0.05, 0.1) is 0 Å². The maximum atomic E-state index is 13.4. The van der Waals surface area contributed by atoms with E-state index in [1.165, 1.54) is 48.5 Å². The lowest BCUT2D eigenvalue weighted by atomic mass is 10.2. The number of benzene rings is 3. The van der Waals surface area contributed by atoms with Gasteiger partial charge in [-0.3, -0.25) is 0 Å². The average molecular weight is 423 g/mol. The molecule has 3 aromatic carbocycles. The van der Waals surface area contributed by atoms with Crippen LogP contribution in [0.15, 0.2) is 94.4 Å². The number of halogens is 1. The fourth-order valence-electron chi connectivity index (χ4n) is 2.69. The van der Waals surface area contributed by atoms with Crippen LogP contribution in [0.1, 0.15) is 11.1 Å². The van der Waals surface area contributed by atoms with Crippen molar-refractivity contribution in [1.82, 2.24) is 0 Å². The summed E-state index contributed by atoms with van der Waals surface area (Å²) in [6.07, 6.45) is 1.48. The monoisotopic (exact) mass is 423 g/mol. The van der Waals surface area contributed by atoms with E-state index in [9.17, 15) is 17.6 Å². The first kappa shape index (κ1) is 19.5. The Morgan fingerprint density at radius 2 is 1.67 bits per heavy atom. The maximum absolute atomic E-state index is 13.4. The number of hydrogen-bond acceptors (Lipinski definition) is 6. The molecule has 0 fully saturated rings. The summed E-state index contributed by atoms with van der Waals surface area (Å²) in [5.74, 6) is -0.996. The molecule has 0 atom stereocenters. The van der Waals surface area contributed by atoms with E-state index in [0.717, 1.165) is 0 Å². The molecule has 150 valence electrons. The van der Waals surface area contributed by atoms with Gasteiger partial charge in [0.2, 0.25) is 5.90 Å². The van der Waals surface area contributed by atoms with Gasteiger partial charge in [-0.25, -0.2) is 14.2 Å². The molecule has 0 aromatic heterocycles. The van der Waals surface area contributed by atoms with E-state index in [1.54, 1.807) is 36.4 Å². The molecule has 0 radical (unpaired) electrons. The number of carbonyl (C=O) groups is 1. The Morgan fingerprint density at radius 1 is 0.933 bits per heavy atom. The highest BCUT2D eigenvalue weighted by atomic mass is 32.2. The zero-order chi connectivity index (χ0) is 21.1. The molecule has 1 heterocycles. The average Bonchev–Trinajstić information content (AvgIpc) is 3.10. The smallest absolute Gasteiger partial charge is 0.363 e. The van der Waals surface area contributed by atoms with Gasteiger partial charge in [0, 0.05) is 5.56 Å². The lowest BCUT2D eigenvalue weighted by Crippen LogP contribution is -2.09. The zero-order valence-electron chi connectivity index (χ0n) is 15.4. The van der Waals surface area contributed by atoms with Crippen molar-refractivity contribution >= 4 is 28.1 Å². The van der Waals surface area contributed by atoms with E-state index in [2.05, 4.69) is 4.99 Å². The van der Waals surface area contributed by atoms with Crippen molar-refractivity contribution < 1.29 is 26.5 Å². The first-order chi connectivity index (χ1) is 14.4. The lowest BCUT2D eigenvalue weighted by molar-refractivity contribution is -0.129. The summed E-state index contributed by atoms with van der Waals surface area (Å²) in [5.41, 5.74) is 0.970. The highest BCUT2D eigenvalue weighted by Crippen LogP contribution is 2.22. The van der Waals surface area contributed by atoms with E-state index in [0.29, 0.717) is 11.1 Å². The molecule has 0 amide bonds. The van der Waals surface area contributed by atoms with Crippen LogP contribution in [-0.2, 0) is 19.6 Å². The van der Waals surface area contributed by atoms with Crippen LogP contribution >= 0.6 is 0 Å². The van der Waals surface area contributed by atoms with E-state index in [-0.39, 0.29) is 22.2 Å². The molecule has 0 unspecified atom stereocenters. The molecule has 1 aliphatic heterocycles. The van der Waals surface area contributed by atoms with Gasteiger partial charge in [-0.1, -0.05) is 36.4 Å². The second kappa shape index (κ2) is 7.92. The van der Waals surface area contributed by atoms with E-state index in [1.807, 2.05) is 0 Å². The number of esters is 1. The standard InChI is InChI=1S/C22H14FNO5S/c23-17-6-4-5-16(14-17)21-24-20(22(25)28-21)13-15-9-11-18(12-10-15)29-30(26,27)19-7-2-1-3-8-19/h1-14H. The molecule has 0 N–H and O–H groups in total. The Morgan fingerprint density at radius 3 is 2.37 bits per heavy atom. The van der Waals surface area contributed by atoms with Crippen molar-refractivity contribution in [3.05, 3.63) is 102 Å². The quantitative estimate of drug-likeness (QED) is 0.353. The second-order valence-electron chi connectivity index (χ2n) is 6.27. The minimum Gasteiger partial charge on any atom is -0.402 e. The Kier molecular flexibility index (Phi) is 5.16. The van der Waals surface area contributed by atoms with Gasteiger partial charge < -0.3 is 8.92 Å². The second-order valence-corrected chi connectivity index (χ2v) is 7.81. The van der Waals surface area contributed by atoms with Crippen LogP contribution in [0.25, 0.3) is 6.08 Å². The van der Waals surface area contributed by atoms with Gasteiger partial charge in [0.1, 0.15) is 16.5 Å². The Hall–Kier alpha value is -3.78. The molecule has 0 aliphatic carbocycles. The third kappa shape index (κ3) is 4.28. The third-order valence-electron chi connectivity index (χ3n) is 4.11. The lowest BCUT2D eigenvalue weighted by Gasteiger charge is -2.07. The molecule has 3 aromatic rings. The summed E-state index contributed by atoms with van der Waals surface area (Å²) in [6, 6.07) is 19.4. The number of aliphatic imine (C=N–C) groups is 1. The topological polar surface area (TPSA) is 82.0 Å². The molecule has 6 nitrogen and oxygen atoms in total. The van der Waals surface area contributed by atoms with Crippen molar-refractivity contribution in [2.75, 3.05) is 0 Å². The normalized spacial score (nSPS) is 15.0. The predicted octanol–water partition coefficient (Wildman–Crippen LogP) is 3.94. The molecule has 0 bridgehead atoms. The van der Waals surface area contributed by atoms with E-state index < -0.39 is 21.9 Å². The van der Waals surface area contributed by atoms with Gasteiger partial charge in [-0.2, -0.15) is 8.42 Å². The molecular weight excluding hydrogens is 409 g/mol. The first-order valence-electron chi connectivity index (χ1n) is 8.79. The number of rotatable bonds is 5. The molecule has 1 aliphatic rings. The molecule has 8 heteroatoms. The van der Waals surface area contributed by atoms with Crippen LogP contribution in [0.3, 0.4) is 0 Å². The molecular formula is C22H14FNO5S. The molecule has 0 saturated carbocycles. The number of nitrogens with zero attached hydrogens (tertiary/aromatic N) is 1. The first-order valence-corrected chi connectivity index (χ1v) is 10.2. The van der Waals surface area contributed by atoms with Crippen molar-refractivity contribution in [3.8, 4) is 5.75 Å². The summed E-state index contributed by atoms with van der Waals surface area (Å²) in [4.78, 5) is 16.2. The molecule has 4 rings (SSSR count). The minimum absolute atomic E-state index is 0.0136. The Labute approximate surface area is 172 Å². The minimum atomic E-state index is -3.94. The van der Waals surface area contributed by atoms with E-state index in [4.69, 9.17) is 8.92 Å². The number of cyclic esters (lactones) is 1. The number of ether oxygens (including phenoxy) is 1. The molecule has 30 heavy (non-hydrogen) atoms. The van der Waals surface area contributed by atoms with Crippen LogP contribution in [0, 0.1) is 5.82 Å². The Bertz CT molecular complexity index is 1270. The number of hydrogen-bond donors (Lipinski definition) is 0. The SMILES string of the molecule is O=C1OC(c2cccc(F)c2)=NC1=Cc1ccc(OS(=O)(=O)c2ccccc2)cc1. The van der Waals surface area contributed by atoms with Crippen LogP contribution < -0.4 is 4.18 Å². The zero-order valence-corrected chi connectivity index (χ0v) is 16.2. The Balaban J connectivity index is 1.53. The maximum Gasteiger partial charge on any atom is 0.363 e. The van der Waals surface area contributed by atoms with Crippen LogP contribution in [0.4, 0.5) is 4.39 Å². The predicted molar refractivity (Wildman–Crippen MR) is 108 cm³/mol. The van der Waals surface area contributed by atoms with E-state index >= 15 is 0 Å². The fraction of sp³-hybridized carbons (Fsp3) is 0. The molecule has 0 saturated heterocycles. The van der Waals surface area contributed by atoms with Gasteiger partial charge in [-0.15, -0.1) is 0 Å². The fourth-order valence-corrected chi connectivity index (χ4v) is 3.64. The van der Waals surface area contributed by atoms with Gasteiger partial charge in [0.25, 0.3) is 0 Å². The van der Waals surface area contributed by atoms with Gasteiger partial charge in [-0.05, 0) is 54.1 Å². The van der Waals surface area contributed by atoms with Gasteiger partial charge in [0.15, 0.2) is 5.70 Å². The highest BCUT2D eigenvalue weighted by Gasteiger charge is 2.24. The van der Waals surface area contributed by atoms with Crippen LogP contribution in [-0.4, -0.2) is 20.3 Å². The summed E-state index contributed by atoms with van der Waals surface area (Å²) in [6.45, 7) is 0. The third-order valence-corrected chi connectivity index (χ3v) is 5.37. The number of carbonyl (C=O) groups excluding carboxylic acids is 1. The summed E-state index contributed by atoms with van der Waals surface area (Å²) < 4.78 is 48.1. The van der Waals surface area contributed by atoms with Crippen molar-refractivity contribution in [1.29, 1.82) is 0 Å². The largest absolute Gasteiger partial charge is 0.402 e. The summed E-state index contributed by atoms with van der Waals surface area (Å²) in [7, 11) is -3.94.